The van der Waals surface area contributed by atoms with Gasteiger partial charge in [-0.1, -0.05) is 6.92 Å². The number of hydrazone groups is 1. The molecule has 0 heterocycles. The van der Waals surface area contributed by atoms with E-state index in [-0.39, 0.29) is 6.04 Å². The molecule has 2 N–H and O–H groups in total. The minimum Gasteiger partial charge on any atom is -0.346 e. The number of amides is 2. The number of rotatable bonds is 2. The van der Waals surface area contributed by atoms with Gasteiger partial charge in [0.05, 0.1) is 0 Å². The van der Waals surface area contributed by atoms with Gasteiger partial charge in [-0.05, 0) is 45.4 Å². The molecule has 1 fully saturated rings. The summed E-state index contributed by atoms with van der Waals surface area (Å²) in [6.07, 6.45) is 4.03. The monoisotopic (exact) mass is 239 g/mol. The summed E-state index contributed by atoms with van der Waals surface area (Å²) in [4.78, 5) is 22.6. The highest BCUT2D eigenvalue weighted by atomic mass is 16.2. The van der Waals surface area contributed by atoms with Crippen molar-refractivity contribution in [2.24, 2.45) is 11.0 Å². The van der Waals surface area contributed by atoms with Crippen LogP contribution in [0.5, 0.6) is 0 Å². The van der Waals surface area contributed by atoms with Crippen molar-refractivity contribution in [1.82, 2.24) is 10.7 Å². The van der Waals surface area contributed by atoms with Crippen molar-refractivity contribution in [2.45, 2.75) is 52.5 Å². The molecule has 5 nitrogen and oxygen atoms in total. The molecule has 96 valence electrons. The molecule has 0 aromatic carbocycles. The van der Waals surface area contributed by atoms with Crippen LogP contribution in [0.1, 0.15) is 46.5 Å². The third-order valence-electron chi connectivity index (χ3n) is 2.79. The maximum Gasteiger partial charge on any atom is 0.329 e. The normalized spacial score (nSPS) is 20.0. The lowest BCUT2D eigenvalue weighted by Crippen LogP contribution is -2.41. The van der Waals surface area contributed by atoms with Crippen LogP contribution in [0.3, 0.4) is 0 Å². The van der Waals surface area contributed by atoms with Crippen molar-refractivity contribution in [3.8, 4) is 0 Å². The van der Waals surface area contributed by atoms with E-state index in [0.717, 1.165) is 37.3 Å². The molecule has 0 saturated heterocycles. The highest BCUT2D eigenvalue weighted by Crippen LogP contribution is 2.20. The molecular weight excluding hydrogens is 218 g/mol. The Morgan fingerprint density at radius 2 is 1.82 bits per heavy atom. The lowest BCUT2D eigenvalue weighted by Gasteiger charge is -2.18. The van der Waals surface area contributed by atoms with Crippen LogP contribution < -0.4 is 10.7 Å². The molecule has 1 aliphatic rings. The largest absolute Gasteiger partial charge is 0.346 e. The molecule has 0 radical (unpaired) electrons. The molecule has 0 unspecified atom stereocenters. The van der Waals surface area contributed by atoms with E-state index in [2.05, 4.69) is 22.8 Å². The number of hydrogen-bond acceptors (Lipinski definition) is 3. The Labute approximate surface area is 102 Å². The van der Waals surface area contributed by atoms with E-state index in [1.165, 1.54) is 0 Å². The third kappa shape index (κ3) is 4.97. The second-order valence-corrected chi connectivity index (χ2v) is 4.93. The highest BCUT2D eigenvalue weighted by molar-refractivity contribution is 6.35. The first-order valence-electron chi connectivity index (χ1n) is 6.15. The Kier molecular flexibility index (Phi) is 5.12. The Morgan fingerprint density at radius 1 is 1.24 bits per heavy atom. The smallest absolute Gasteiger partial charge is 0.329 e. The van der Waals surface area contributed by atoms with Crippen molar-refractivity contribution < 1.29 is 9.59 Å². The summed E-state index contributed by atoms with van der Waals surface area (Å²) >= 11 is 0. The van der Waals surface area contributed by atoms with Crippen LogP contribution in [0.25, 0.3) is 0 Å². The molecule has 17 heavy (non-hydrogen) atoms. The average Bonchev–Trinajstić information content (AvgIpc) is 2.27. The number of carbonyl (C=O) groups is 2. The zero-order valence-corrected chi connectivity index (χ0v) is 10.7. The van der Waals surface area contributed by atoms with Gasteiger partial charge >= 0.3 is 11.8 Å². The molecule has 0 aromatic heterocycles. The fourth-order valence-electron chi connectivity index (χ4n) is 1.72. The van der Waals surface area contributed by atoms with Gasteiger partial charge in [0, 0.05) is 11.8 Å². The Hall–Kier alpha value is -1.39. The summed E-state index contributed by atoms with van der Waals surface area (Å²) in [6, 6.07) is -0.0450. The first kappa shape index (κ1) is 13.7. The van der Waals surface area contributed by atoms with Gasteiger partial charge in [0.1, 0.15) is 0 Å². The van der Waals surface area contributed by atoms with Gasteiger partial charge in [0.15, 0.2) is 0 Å². The van der Waals surface area contributed by atoms with Crippen molar-refractivity contribution in [3.63, 3.8) is 0 Å². The SMILES string of the molecule is CC1CCC(=NNC(=O)C(=O)NC(C)C)CC1. The standard InChI is InChI=1S/C12H21N3O2/c1-8(2)13-11(16)12(17)15-14-10-6-4-9(3)5-7-10/h8-9H,4-7H2,1-3H3,(H,13,16)(H,15,17). The van der Waals surface area contributed by atoms with E-state index in [0.29, 0.717) is 0 Å². The Morgan fingerprint density at radius 3 is 2.35 bits per heavy atom. The van der Waals surface area contributed by atoms with E-state index in [9.17, 15) is 9.59 Å². The highest BCUT2D eigenvalue weighted by Gasteiger charge is 2.16. The van der Waals surface area contributed by atoms with Gasteiger partial charge in [-0.15, -0.1) is 0 Å². The van der Waals surface area contributed by atoms with Crippen molar-refractivity contribution in [1.29, 1.82) is 0 Å². The van der Waals surface area contributed by atoms with Crippen molar-refractivity contribution in [2.75, 3.05) is 0 Å². The van der Waals surface area contributed by atoms with Crippen LogP contribution in [-0.4, -0.2) is 23.6 Å². The lowest BCUT2D eigenvalue weighted by atomic mass is 9.90. The summed E-state index contributed by atoms with van der Waals surface area (Å²) in [6.45, 7) is 5.82. The number of nitrogens with zero attached hydrogens (tertiary/aromatic N) is 1. The zero-order chi connectivity index (χ0) is 12.8. The fraction of sp³-hybridized carbons (Fsp3) is 0.750. The first-order chi connectivity index (χ1) is 7.99. The Balaban J connectivity index is 2.37. The number of carbonyl (C=O) groups excluding carboxylic acids is 2. The lowest BCUT2D eigenvalue weighted by molar-refractivity contribution is -0.139. The predicted molar refractivity (Wildman–Crippen MR) is 66.5 cm³/mol. The van der Waals surface area contributed by atoms with E-state index in [1.54, 1.807) is 13.8 Å². The van der Waals surface area contributed by atoms with Gasteiger partial charge in [0.2, 0.25) is 0 Å². The molecule has 0 spiro atoms. The quantitative estimate of drug-likeness (QED) is 0.561. The van der Waals surface area contributed by atoms with Crippen LogP contribution in [0, 0.1) is 5.92 Å². The maximum absolute atomic E-state index is 11.4. The molecule has 1 saturated carbocycles. The molecule has 5 heteroatoms. The van der Waals surface area contributed by atoms with Crippen molar-refractivity contribution >= 4 is 17.5 Å². The second-order valence-electron chi connectivity index (χ2n) is 4.93. The minimum absolute atomic E-state index is 0.0450. The second kappa shape index (κ2) is 6.37. The van der Waals surface area contributed by atoms with E-state index in [1.807, 2.05) is 0 Å². The van der Waals surface area contributed by atoms with E-state index in [4.69, 9.17) is 0 Å². The first-order valence-corrected chi connectivity index (χ1v) is 6.15. The molecule has 1 aliphatic carbocycles. The average molecular weight is 239 g/mol. The summed E-state index contributed by atoms with van der Waals surface area (Å²) in [5.74, 6) is -0.591. The Bertz CT molecular complexity index is 314. The number of nitrogens with one attached hydrogen (secondary N) is 2. The molecule has 0 bridgehead atoms. The van der Waals surface area contributed by atoms with Crippen molar-refractivity contribution in [3.05, 3.63) is 0 Å². The van der Waals surface area contributed by atoms with Gasteiger partial charge in [-0.3, -0.25) is 9.59 Å². The van der Waals surface area contributed by atoms with Gasteiger partial charge in [-0.2, -0.15) is 5.10 Å². The number of hydrogen-bond donors (Lipinski definition) is 2. The van der Waals surface area contributed by atoms with Crippen LogP contribution >= 0.6 is 0 Å². The zero-order valence-electron chi connectivity index (χ0n) is 10.7. The van der Waals surface area contributed by atoms with E-state index < -0.39 is 11.8 Å². The summed E-state index contributed by atoms with van der Waals surface area (Å²) < 4.78 is 0. The molecule has 0 atom stereocenters. The molecule has 1 rings (SSSR count). The molecule has 0 aliphatic heterocycles. The van der Waals surface area contributed by atoms with E-state index >= 15 is 0 Å². The van der Waals surface area contributed by atoms with Crippen LogP contribution in [-0.2, 0) is 9.59 Å². The molecular formula is C12H21N3O2. The minimum atomic E-state index is -0.690. The van der Waals surface area contributed by atoms with Crippen LogP contribution in [0.2, 0.25) is 0 Å². The summed E-state index contributed by atoms with van der Waals surface area (Å²) in [7, 11) is 0. The molecule has 2 amide bonds. The van der Waals surface area contributed by atoms with Gasteiger partial charge < -0.3 is 5.32 Å². The van der Waals surface area contributed by atoms with Gasteiger partial charge in [0.25, 0.3) is 0 Å². The topological polar surface area (TPSA) is 70.6 Å². The maximum atomic E-state index is 11.4. The van der Waals surface area contributed by atoms with Gasteiger partial charge in [-0.25, -0.2) is 5.43 Å². The summed E-state index contributed by atoms with van der Waals surface area (Å²) in [5, 5.41) is 6.52. The van der Waals surface area contributed by atoms with Crippen LogP contribution in [0.4, 0.5) is 0 Å². The van der Waals surface area contributed by atoms with Crippen LogP contribution in [0.15, 0.2) is 5.10 Å². The molecule has 0 aromatic rings. The fourth-order valence-corrected chi connectivity index (χ4v) is 1.72. The predicted octanol–water partition coefficient (Wildman–Crippen LogP) is 1.19. The summed E-state index contributed by atoms with van der Waals surface area (Å²) in [5.41, 5.74) is 3.29. The third-order valence-corrected chi connectivity index (χ3v) is 2.79.